The number of likely N-dealkylation sites (tertiary alicyclic amines) is 1. The maximum Gasteiger partial charge on any atom is 0.0669 e. The van der Waals surface area contributed by atoms with E-state index in [1.807, 2.05) is 10.9 Å². The summed E-state index contributed by atoms with van der Waals surface area (Å²) in [7, 11) is 0. The first-order valence-corrected chi connectivity index (χ1v) is 6.83. The van der Waals surface area contributed by atoms with Crippen LogP contribution >= 0.6 is 0 Å². The molecule has 1 atom stereocenters. The second kappa shape index (κ2) is 5.38. The third-order valence-electron chi connectivity index (χ3n) is 4.10. The molecule has 3 N–H and O–H groups in total. The van der Waals surface area contributed by atoms with Crippen molar-refractivity contribution in [1.82, 2.24) is 20.1 Å². The Morgan fingerprint density at radius 2 is 2.11 bits per heavy atom. The molecule has 0 aliphatic carbocycles. The van der Waals surface area contributed by atoms with Crippen molar-refractivity contribution < 1.29 is 0 Å². The van der Waals surface area contributed by atoms with Crippen molar-refractivity contribution in [1.29, 1.82) is 0 Å². The highest BCUT2D eigenvalue weighted by atomic mass is 15.3. The smallest absolute Gasteiger partial charge is 0.0669 e. The van der Waals surface area contributed by atoms with E-state index in [9.17, 15) is 0 Å². The highest BCUT2D eigenvalue weighted by molar-refractivity contribution is 5.16. The van der Waals surface area contributed by atoms with Gasteiger partial charge in [0.2, 0.25) is 0 Å². The number of aryl methyl sites for hydroxylation is 1. The number of hydrazine groups is 1. The van der Waals surface area contributed by atoms with Crippen molar-refractivity contribution >= 4 is 0 Å². The first kappa shape index (κ1) is 13.5. The molecule has 0 amide bonds. The molecular weight excluding hydrogens is 226 g/mol. The van der Waals surface area contributed by atoms with Gasteiger partial charge in [-0.05, 0) is 46.7 Å². The van der Waals surface area contributed by atoms with Crippen molar-refractivity contribution in [2.75, 3.05) is 13.1 Å². The normalized spacial score (nSPS) is 19.3. The highest BCUT2D eigenvalue weighted by Gasteiger charge is 2.37. The van der Waals surface area contributed by atoms with Crippen molar-refractivity contribution in [3.63, 3.8) is 0 Å². The summed E-state index contributed by atoms with van der Waals surface area (Å²) >= 11 is 0. The zero-order valence-corrected chi connectivity index (χ0v) is 11.7. The van der Waals surface area contributed by atoms with E-state index < -0.39 is 0 Å². The molecule has 0 radical (unpaired) electrons. The van der Waals surface area contributed by atoms with Crippen LogP contribution in [0.25, 0.3) is 0 Å². The number of hydrogen-bond acceptors (Lipinski definition) is 4. The largest absolute Gasteiger partial charge is 0.296 e. The van der Waals surface area contributed by atoms with Gasteiger partial charge in [0.05, 0.1) is 12.2 Å². The predicted molar refractivity (Wildman–Crippen MR) is 72.9 cm³/mol. The summed E-state index contributed by atoms with van der Waals surface area (Å²) in [5, 5.41) is 4.35. The maximum atomic E-state index is 5.80. The molecule has 1 aliphatic rings. The van der Waals surface area contributed by atoms with Gasteiger partial charge in [-0.1, -0.05) is 0 Å². The lowest BCUT2D eigenvalue weighted by Gasteiger charge is -2.41. The van der Waals surface area contributed by atoms with E-state index in [4.69, 9.17) is 5.84 Å². The van der Waals surface area contributed by atoms with Gasteiger partial charge in [0.25, 0.3) is 0 Å². The number of rotatable bonds is 5. The minimum absolute atomic E-state index is 0.00680. The van der Waals surface area contributed by atoms with Crippen molar-refractivity contribution in [3.8, 4) is 0 Å². The second-order valence-electron chi connectivity index (χ2n) is 5.58. The van der Waals surface area contributed by atoms with E-state index in [-0.39, 0.29) is 11.6 Å². The fourth-order valence-electron chi connectivity index (χ4n) is 2.89. The molecule has 1 aromatic rings. The lowest BCUT2D eigenvalue weighted by atomic mass is 9.89. The fourth-order valence-corrected chi connectivity index (χ4v) is 2.89. The zero-order chi connectivity index (χ0) is 13.2. The molecule has 102 valence electrons. The summed E-state index contributed by atoms with van der Waals surface area (Å²) in [6, 6.07) is 0.107. The van der Waals surface area contributed by atoms with E-state index in [1.54, 1.807) is 0 Å². The van der Waals surface area contributed by atoms with Gasteiger partial charge in [-0.2, -0.15) is 5.10 Å². The fraction of sp³-hybridized carbons (Fsp3) is 0.769. The predicted octanol–water partition coefficient (Wildman–Crippen LogP) is 1.28. The Hall–Kier alpha value is -0.910. The van der Waals surface area contributed by atoms with Crippen molar-refractivity contribution in [2.24, 2.45) is 5.84 Å². The molecule has 1 saturated heterocycles. The number of nitrogens with two attached hydrogens (primary N) is 1. The van der Waals surface area contributed by atoms with Crippen LogP contribution in [0.15, 0.2) is 12.4 Å². The summed E-state index contributed by atoms with van der Waals surface area (Å²) in [6.07, 6.45) is 6.58. The molecule has 18 heavy (non-hydrogen) atoms. The van der Waals surface area contributed by atoms with Crippen LogP contribution in [-0.4, -0.2) is 33.3 Å². The van der Waals surface area contributed by atoms with Crippen LogP contribution in [0.1, 0.15) is 45.2 Å². The second-order valence-corrected chi connectivity index (χ2v) is 5.58. The summed E-state index contributed by atoms with van der Waals surface area (Å²) in [6.45, 7) is 9.81. The van der Waals surface area contributed by atoms with Crippen LogP contribution in [-0.2, 0) is 6.54 Å². The Balaban J connectivity index is 2.20. The number of aromatic nitrogens is 2. The highest BCUT2D eigenvalue weighted by Crippen LogP contribution is 2.32. The molecule has 2 heterocycles. The SMILES string of the molecule is CCn1cc(C(NN)C(C)(C)N2CCCC2)cn1. The van der Waals surface area contributed by atoms with E-state index in [1.165, 1.54) is 12.8 Å². The van der Waals surface area contributed by atoms with E-state index in [2.05, 4.69) is 42.4 Å². The Bertz CT molecular complexity index is 378. The quantitative estimate of drug-likeness (QED) is 0.611. The topological polar surface area (TPSA) is 59.1 Å². The lowest BCUT2D eigenvalue weighted by molar-refractivity contribution is 0.107. The monoisotopic (exact) mass is 251 g/mol. The van der Waals surface area contributed by atoms with Gasteiger partial charge < -0.3 is 0 Å². The summed E-state index contributed by atoms with van der Waals surface area (Å²) in [4.78, 5) is 2.51. The molecule has 0 bridgehead atoms. The minimum atomic E-state index is 0.00680. The third-order valence-corrected chi connectivity index (χ3v) is 4.10. The minimum Gasteiger partial charge on any atom is -0.296 e. The molecule has 5 nitrogen and oxygen atoms in total. The van der Waals surface area contributed by atoms with Crippen molar-refractivity contribution in [3.05, 3.63) is 18.0 Å². The average molecular weight is 251 g/mol. The number of nitrogens with zero attached hydrogens (tertiary/aromatic N) is 3. The van der Waals surface area contributed by atoms with Gasteiger partial charge in [-0.15, -0.1) is 0 Å². The Morgan fingerprint density at radius 3 is 2.61 bits per heavy atom. The Labute approximate surface area is 109 Å². The van der Waals surface area contributed by atoms with Crippen LogP contribution in [0, 0.1) is 0 Å². The summed E-state index contributed by atoms with van der Waals surface area (Å²) in [5.74, 6) is 5.80. The van der Waals surface area contributed by atoms with Crippen LogP contribution < -0.4 is 11.3 Å². The Morgan fingerprint density at radius 1 is 1.44 bits per heavy atom. The van der Waals surface area contributed by atoms with E-state index in [0.29, 0.717) is 0 Å². The molecule has 5 heteroatoms. The number of nitrogens with one attached hydrogen (secondary N) is 1. The maximum absolute atomic E-state index is 5.80. The first-order chi connectivity index (χ1) is 8.59. The Kier molecular flexibility index (Phi) is 4.04. The molecule has 0 aromatic carbocycles. The van der Waals surface area contributed by atoms with Gasteiger partial charge in [-0.3, -0.25) is 20.9 Å². The molecule has 0 saturated carbocycles. The first-order valence-electron chi connectivity index (χ1n) is 6.83. The number of hydrogen-bond donors (Lipinski definition) is 2. The molecule has 1 unspecified atom stereocenters. The van der Waals surface area contributed by atoms with Gasteiger partial charge in [0.15, 0.2) is 0 Å². The van der Waals surface area contributed by atoms with Crippen LogP contribution in [0.2, 0.25) is 0 Å². The van der Waals surface area contributed by atoms with Crippen LogP contribution in [0.4, 0.5) is 0 Å². The van der Waals surface area contributed by atoms with E-state index >= 15 is 0 Å². The van der Waals surface area contributed by atoms with Crippen molar-refractivity contribution in [2.45, 2.75) is 51.7 Å². The molecule has 0 spiro atoms. The van der Waals surface area contributed by atoms with E-state index in [0.717, 1.165) is 25.2 Å². The van der Waals surface area contributed by atoms with Gasteiger partial charge in [0.1, 0.15) is 0 Å². The van der Waals surface area contributed by atoms with Gasteiger partial charge in [0, 0.05) is 23.8 Å². The third kappa shape index (κ3) is 2.43. The standard InChI is InChI=1S/C13H25N5/c1-4-18-10-11(9-15-18)12(16-14)13(2,3)17-7-5-6-8-17/h9-10,12,16H,4-8,14H2,1-3H3. The van der Waals surface area contributed by atoms with Gasteiger partial charge >= 0.3 is 0 Å². The summed E-state index contributed by atoms with van der Waals surface area (Å²) in [5.41, 5.74) is 4.15. The zero-order valence-electron chi connectivity index (χ0n) is 11.7. The molecular formula is C13H25N5. The van der Waals surface area contributed by atoms with Crippen LogP contribution in [0.3, 0.4) is 0 Å². The molecule has 1 aromatic heterocycles. The molecule has 1 aliphatic heterocycles. The van der Waals surface area contributed by atoms with Gasteiger partial charge in [-0.25, -0.2) is 0 Å². The molecule has 1 fully saturated rings. The average Bonchev–Trinajstić information content (AvgIpc) is 3.01. The summed E-state index contributed by atoms with van der Waals surface area (Å²) < 4.78 is 1.94. The molecule has 2 rings (SSSR count). The van der Waals surface area contributed by atoms with Crippen LogP contribution in [0.5, 0.6) is 0 Å². The lowest BCUT2D eigenvalue weighted by Crippen LogP contribution is -2.53.